The average Bonchev–Trinajstić information content (AvgIpc) is 3.35. The number of carbonyl (C=O) groups is 3. The van der Waals surface area contributed by atoms with Gasteiger partial charge in [0.1, 0.15) is 11.4 Å². The summed E-state index contributed by atoms with van der Waals surface area (Å²) < 4.78 is 19.6. The summed E-state index contributed by atoms with van der Waals surface area (Å²) in [6, 6.07) is 21.3. The van der Waals surface area contributed by atoms with Crippen LogP contribution >= 0.6 is 24.0 Å². The number of rotatable bonds is 8. The number of nitrogens with zero attached hydrogens (tertiary/aromatic N) is 2. The Morgan fingerprint density at radius 2 is 1.68 bits per heavy atom. The highest BCUT2D eigenvalue weighted by molar-refractivity contribution is 6.31. The van der Waals surface area contributed by atoms with Crippen molar-refractivity contribution < 1.29 is 33.7 Å². The normalized spacial score (nSPS) is 15.4. The number of nitriles is 1. The number of hydrogen-bond acceptors (Lipinski definition) is 7. The van der Waals surface area contributed by atoms with Gasteiger partial charge in [0.25, 0.3) is 0 Å². The Morgan fingerprint density at radius 3 is 2.19 bits per heavy atom. The van der Waals surface area contributed by atoms with Gasteiger partial charge in [-0.2, -0.15) is 5.26 Å². The molecule has 1 aliphatic rings. The minimum Gasteiger partial charge on any atom is -0.473 e. The average molecular weight is 691 g/mol. The lowest BCUT2D eigenvalue weighted by molar-refractivity contribution is -0.159. The summed E-state index contributed by atoms with van der Waals surface area (Å²) in [4.78, 5) is 32.4. The fourth-order valence-electron chi connectivity index (χ4n) is 5.02. The minimum atomic E-state index is -1.82. The Morgan fingerprint density at radius 1 is 1.06 bits per heavy atom. The monoisotopic (exact) mass is 689 g/mol. The molecule has 12 heteroatoms. The van der Waals surface area contributed by atoms with Gasteiger partial charge >= 0.3 is 11.9 Å². The summed E-state index contributed by atoms with van der Waals surface area (Å²) in [6.45, 7) is 9.41. The van der Waals surface area contributed by atoms with E-state index >= 15 is 0 Å². The molecule has 0 radical (unpaired) electrons. The number of carbonyl (C=O) groups excluding carboxylic acids is 1. The van der Waals surface area contributed by atoms with Crippen LogP contribution in [0.3, 0.4) is 0 Å². The quantitative estimate of drug-likeness (QED) is 0.174. The first kappa shape index (κ1) is 41.2. The predicted octanol–water partition coefficient (Wildman–Crippen LogP) is 6.69. The molecule has 0 amide bonds. The zero-order valence-corrected chi connectivity index (χ0v) is 28.9. The van der Waals surface area contributed by atoms with E-state index in [9.17, 15) is 9.18 Å². The highest BCUT2D eigenvalue weighted by Gasteiger charge is 2.41. The summed E-state index contributed by atoms with van der Waals surface area (Å²) in [5, 5.41) is 27.7. The maximum Gasteiger partial charge on any atom is 0.414 e. The van der Waals surface area contributed by atoms with Crippen molar-refractivity contribution in [2.75, 3.05) is 20.6 Å². The zero-order valence-electron chi connectivity index (χ0n) is 27.3. The van der Waals surface area contributed by atoms with Gasteiger partial charge in [0, 0.05) is 16.1 Å². The maximum absolute atomic E-state index is 13.4. The van der Waals surface area contributed by atoms with Crippen molar-refractivity contribution in [2.45, 2.75) is 64.3 Å². The molecule has 9 nitrogen and oxygen atoms in total. The molecule has 254 valence electrons. The Labute approximate surface area is 286 Å². The van der Waals surface area contributed by atoms with Crippen molar-refractivity contribution in [3.8, 4) is 6.07 Å². The van der Waals surface area contributed by atoms with Gasteiger partial charge in [-0.25, -0.2) is 14.0 Å². The molecule has 0 spiro atoms. The predicted molar refractivity (Wildman–Crippen MR) is 182 cm³/mol. The SMILES string of the molecule is CC(NC(C)(C)C)C(=O)c1cccc(Cl)c1.CN(C)CCC[C@@]1(c2ccc(F)cc2)OCc2cc(C#N)ccc21.Cl.O=C(O)C(=O)O. The molecule has 4 rings (SSSR count). The Kier molecular flexibility index (Phi) is 16.2. The summed E-state index contributed by atoms with van der Waals surface area (Å²) in [5.74, 6) is -3.83. The largest absolute Gasteiger partial charge is 0.473 e. The van der Waals surface area contributed by atoms with E-state index in [0.717, 1.165) is 36.1 Å². The van der Waals surface area contributed by atoms with Crippen LogP contribution in [-0.2, 0) is 26.5 Å². The van der Waals surface area contributed by atoms with E-state index in [0.29, 0.717) is 22.8 Å². The lowest BCUT2D eigenvalue weighted by Crippen LogP contribution is -2.46. The van der Waals surface area contributed by atoms with Crippen molar-refractivity contribution in [2.24, 2.45) is 0 Å². The van der Waals surface area contributed by atoms with Crippen LogP contribution in [0.4, 0.5) is 4.39 Å². The standard InChI is InChI=1S/C20H21FN2O.C13H18ClNO.C2H2O4.ClH/c1-23(2)11-3-10-20(17-5-7-18(21)8-6-17)19-9-4-15(13-22)12-16(19)14-24-20;1-9(15-13(2,3)4)12(16)10-6-5-7-11(14)8-10;3-1(4)2(5)6;/h4-9,12H,3,10-11,14H2,1-2H3;5-9,15H,1-4H3;(H,3,4)(H,5,6);1H/t20-;;;/m0.../s1. The van der Waals surface area contributed by atoms with Crippen LogP contribution in [0, 0.1) is 17.1 Å². The second kappa shape index (κ2) is 18.5. The molecule has 3 N–H and O–H groups in total. The van der Waals surface area contributed by atoms with E-state index in [1.165, 1.54) is 12.1 Å². The first-order valence-electron chi connectivity index (χ1n) is 14.6. The first-order valence-corrected chi connectivity index (χ1v) is 15.0. The Hall–Kier alpha value is -3.85. The van der Waals surface area contributed by atoms with Crippen LogP contribution in [0.1, 0.15) is 73.1 Å². The number of halogens is 3. The fourth-order valence-corrected chi connectivity index (χ4v) is 5.21. The number of ketones is 1. The lowest BCUT2D eigenvalue weighted by Gasteiger charge is -2.31. The second-order valence-electron chi connectivity index (χ2n) is 12.1. The van der Waals surface area contributed by atoms with Crippen molar-refractivity contribution in [1.82, 2.24) is 10.2 Å². The van der Waals surface area contributed by atoms with Crippen LogP contribution in [0.25, 0.3) is 0 Å². The van der Waals surface area contributed by atoms with E-state index in [2.05, 4.69) is 16.3 Å². The third kappa shape index (κ3) is 12.7. The number of carboxylic acid groups (broad SMARTS) is 2. The van der Waals surface area contributed by atoms with Crippen molar-refractivity contribution in [3.05, 3.63) is 105 Å². The third-order valence-electron chi connectivity index (χ3n) is 6.92. The van der Waals surface area contributed by atoms with Crippen LogP contribution in [0.15, 0.2) is 66.7 Å². The van der Waals surface area contributed by atoms with E-state index < -0.39 is 17.5 Å². The maximum atomic E-state index is 13.4. The molecule has 1 heterocycles. The van der Waals surface area contributed by atoms with Crippen molar-refractivity contribution in [1.29, 1.82) is 5.26 Å². The summed E-state index contributed by atoms with van der Waals surface area (Å²) in [5.41, 5.74) is 3.75. The fraction of sp³-hybridized carbons (Fsp3) is 0.371. The van der Waals surface area contributed by atoms with Gasteiger partial charge in [0.15, 0.2) is 5.78 Å². The van der Waals surface area contributed by atoms with Gasteiger partial charge in [-0.3, -0.25) is 4.79 Å². The molecule has 0 aromatic heterocycles. The highest BCUT2D eigenvalue weighted by atomic mass is 35.5. The molecule has 3 aromatic rings. The summed E-state index contributed by atoms with van der Waals surface area (Å²) in [6.07, 6.45) is 1.78. The van der Waals surface area contributed by atoms with Crippen molar-refractivity contribution in [3.63, 3.8) is 0 Å². The Balaban J connectivity index is 0.000000416. The molecule has 3 aromatic carbocycles. The molecule has 47 heavy (non-hydrogen) atoms. The van der Waals surface area contributed by atoms with Crippen LogP contribution in [-0.4, -0.2) is 65.1 Å². The Bertz CT molecular complexity index is 1540. The van der Waals surface area contributed by atoms with Crippen LogP contribution < -0.4 is 5.32 Å². The highest BCUT2D eigenvalue weighted by Crippen LogP contribution is 2.45. The molecule has 1 unspecified atom stereocenters. The smallest absolute Gasteiger partial charge is 0.414 e. The zero-order chi connectivity index (χ0) is 34.7. The number of fused-ring (bicyclic) bond motifs is 1. The number of ether oxygens (including phenoxy) is 1. The van der Waals surface area contributed by atoms with Crippen molar-refractivity contribution >= 4 is 41.7 Å². The van der Waals surface area contributed by atoms with Gasteiger partial charge in [-0.15, -0.1) is 12.4 Å². The van der Waals surface area contributed by atoms with Crippen LogP contribution in [0.5, 0.6) is 0 Å². The molecule has 2 atom stereocenters. The lowest BCUT2D eigenvalue weighted by atomic mass is 9.81. The first-order chi connectivity index (χ1) is 21.5. The van der Waals surface area contributed by atoms with E-state index in [4.69, 9.17) is 41.4 Å². The van der Waals surface area contributed by atoms with Crippen LogP contribution in [0.2, 0.25) is 5.02 Å². The molecule has 1 aliphatic heterocycles. The van der Waals surface area contributed by atoms with Gasteiger partial charge in [0.2, 0.25) is 0 Å². The van der Waals surface area contributed by atoms with E-state index in [1.54, 1.807) is 36.4 Å². The second-order valence-corrected chi connectivity index (χ2v) is 12.6. The number of carboxylic acids is 2. The molecule has 0 aliphatic carbocycles. The number of hydrogen-bond donors (Lipinski definition) is 3. The van der Waals surface area contributed by atoms with Gasteiger partial charge in [0.05, 0.1) is 24.3 Å². The minimum absolute atomic E-state index is 0. The van der Waals surface area contributed by atoms with Gasteiger partial charge in [-0.05, 0) is 114 Å². The van der Waals surface area contributed by atoms with E-state index in [1.807, 2.05) is 60.0 Å². The van der Waals surface area contributed by atoms with E-state index in [-0.39, 0.29) is 35.6 Å². The number of Topliss-reactive ketones (excluding diaryl/α,β-unsaturated/α-hetero) is 1. The summed E-state index contributed by atoms with van der Waals surface area (Å²) in [7, 11) is 4.10. The molecular formula is C35H42Cl2FN3O6. The molecule has 0 saturated heterocycles. The van der Waals surface area contributed by atoms with Gasteiger partial charge < -0.3 is 25.2 Å². The summed E-state index contributed by atoms with van der Waals surface area (Å²) >= 11 is 5.85. The van der Waals surface area contributed by atoms with Gasteiger partial charge in [-0.1, -0.05) is 41.9 Å². The molecule has 0 bridgehead atoms. The number of aliphatic carboxylic acids is 2. The topological polar surface area (TPSA) is 140 Å². The molecule has 0 fully saturated rings. The third-order valence-corrected chi connectivity index (χ3v) is 7.16. The molecular weight excluding hydrogens is 648 g/mol. The number of nitrogens with one attached hydrogen (secondary N) is 1. The molecule has 0 saturated carbocycles. The number of benzene rings is 3.